The molecule has 0 fully saturated rings. The fourth-order valence-electron chi connectivity index (χ4n) is 1.74. The van der Waals surface area contributed by atoms with Crippen LogP contribution in [0.5, 0.6) is 17.2 Å². The molecule has 0 bridgehead atoms. The molecule has 0 spiro atoms. The van der Waals surface area contributed by atoms with E-state index in [4.69, 9.17) is 24.0 Å². The third-order valence-electron chi connectivity index (χ3n) is 2.67. The highest BCUT2D eigenvalue weighted by molar-refractivity contribution is 9.10. The molecule has 0 saturated heterocycles. The number of methoxy groups -OCH3 is 3. The summed E-state index contributed by atoms with van der Waals surface area (Å²) < 4.78 is 21.4. The fraction of sp³-hybridized carbons (Fsp3) is 0.231. The third-order valence-corrected chi connectivity index (χ3v) is 3.40. The van der Waals surface area contributed by atoms with E-state index in [9.17, 15) is 0 Å². The Morgan fingerprint density at radius 1 is 1.15 bits per heavy atom. The van der Waals surface area contributed by atoms with Gasteiger partial charge in [-0.05, 0) is 28.1 Å². The van der Waals surface area contributed by atoms with Crippen LogP contribution < -0.4 is 14.2 Å². The van der Waals surface area contributed by atoms with E-state index in [0.717, 1.165) is 0 Å². The topological polar surface area (TPSA) is 77.5 Å². The van der Waals surface area contributed by atoms with Gasteiger partial charge >= 0.3 is 0 Å². The van der Waals surface area contributed by atoms with Crippen LogP contribution in [-0.4, -0.2) is 26.5 Å². The maximum atomic E-state index is 8.89. The van der Waals surface area contributed by atoms with Crippen LogP contribution in [0.3, 0.4) is 0 Å². The highest BCUT2D eigenvalue weighted by atomic mass is 79.9. The molecule has 0 atom stereocenters. The van der Waals surface area contributed by atoms with Gasteiger partial charge in [-0.25, -0.2) is 0 Å². The van der Waals surface area contributed by atoms with Gasteiger partial charge in [-0.2, -0.15) is 5.26 Å². The van der Waals surface area contributed by atoms with Crippen LogP contribution in [0.2, 0.25) is 0 Å². The zero-order valence-electron chi connectivity index (χ0n) is 11.1. The molecule has 7 heteroatoms. The number of nitriles is 1. The Kier molecular flexibility index (Phi) is 4.15. The van der Waals surface area contributed by atoms with Gasteiger partial charge in [-0.1, -0.05) is 5.16 Å². The van der Waals surface area contributed by atoms with Gasteiger partial charge in [0.2, 0.25) is 5.75 Å². The molecule has 2 rings (SSSR count). The van der Waals surface area contributed by atoms with Gasteiger partial charge in [-0.3, -0.25) is 0 Å². The highest BCUT2D eigenvalue weighted by Gasteiger charge is 2.20. The van der Waals surface area contributed by atoms with E-state index in [1.807, 2.05) is 6.07 Å². The van der Waals surface area contributed by atoms with Gasteiger partial charge in [0.25, 0.3) is 0 Å². The second-order valence-corrected chi connectivity index (χ2v) is 4.49. The summed E-state index contributed by atoms with van der Waals surface area (Å²) in [5.74, 6) is 1.88. The van der Waals surface area contributed by atoms with Crippen molar-refractivity contribution in [2.24, 2.45) is 0 Å². The van der Waals surface area contributed by atoms with Gasteiger partial charge in [0.15, 0.2) is 23.0 Å². The lowest BCUT2D eigenvalue weighted by Crippen LogP contribution is -1.95. The largest absolute Gasteiger partial charge is 0.493 e. The normalized spacial score (nSPS) is 9.95. The Morgan fingerprint density at radius 3 is 2.15 bits per heavy atom. The van der Waals surface area contributed by atoms with Crippen molar-refractivity contribution >= 4 is 15.9 Å². The van der Waals surface area contributed by atoms with Crippen molar-refractivity contribution in [3.05, 3.63) is 22.3 Å². The summed E-state index contributed by atoms with van der Waals surface area (Å²) in [7, 11) is 4.58. The quantitative estimate of drug-likeness (QED) is 0.852. The molecule has 0 aliphatic rings. The van der Waals surface area contributed by atoms with Gasteiger partial charge in [0.1, 0.15) is 10.5 Å². The lowest BCUT2D eigenvalue weighted by molar-refractivity contribution is 0.324. The van der Waals surface area contributed by atoms with Crippen molar-refractivity contribution in [1.29, 1.82) is 5.26 Å². The minimum atomic E-state index is 0.175. The molecule has 2 aromatic rings. The Balaban J connectivity index is 2.63. The molecule has 104 valence electrons. The van der Waals surface area contributed by atoms with Gasteiger partial charge in [0.05, 0.1) is 21.3 Å². The number of ether oxygens (including phenoxy) is 3. The summed E-state index contributed by atoms with van der Waals surface area (Å²) in [6.07, 6.45) is 0. The lowest BCUT2D eigenvalue weighted by atomic mass is 10.1. The molecule has 1 heterocycles. The smallest absolute Gasteiger partial charge is 0.203 e. The molecule has 0 radical (unpaired) electrons. The summed E-state index contributed by atoms with van der Waals surface area (Å²) in [5, 5.41) is 12.6. The van der Waals surface area contributed by atoms with Crippen molar-refractivity contribution in [3.63, 3.8) is 0 Å². The first-order valence-corrected chi connectivity index (χ1v) is 6.31. The number of nitrogens with zero attached hydrogens (tertiary/aromatic N) is 2. The summed E-state index contributed by atoms with van der Waals surface area (Å²) in [6, 6.07) is 5.36. The maximum absolute atomic E-state index is 8.89. The van der Waals surface area contributed by atoms with E-state index in [2.05, 4.69) is 21.1 Å². The van der Waals surface area contributed by atoms with E-state index in [1.165, 1.54) is 21.3 Å². The van der Waals surface area contributed by atoms with Crippen LogP contribution in [0.1, 0.15) is 5.69 Å². The second kappa shape index (κ2) is 5.84. The standard InChI is InChI=1S/C13H11BrN2O4/c1-17-9-4-7(5-10(18-2)13(9)19-3)12-11(14)8(6-15)16-20-12/h4-5H,1-3H3. The number of aromatic nitrogens is 1. The van der Waals surface area contributed by atoms with Crippen LogP contribution in [0, 0.1) is 11.3 Å². The SMILES string of the molecule is COc1cc(-c2onc(C#N)c2Br)cc(OC)c1OC. The first-order chi connectivity index (χ1) is 9.65. The van der Waals surface area contributed by atoms with Crippen molar-refractivity contribution in [2.75, 3.05) is 21.3 Å². The minimum Gasteiger partial charge on any atom is -0.493 e. The van der Waals surface area contributed by atoms with Crippen LogP contribution in [0.15, 0.2) is 21.1 Å². The first-order valence-electron chi connectivity index (χ1n) is 5.51. The van der Waals surface area contributed by atoms with Gasteiger partial charge in [0, 0.05) is 5.56 Å². The van der Waals surface area contributed by atoms with Crippen molar-refractivity contribution in [3.8, 4) is 34.6 Å². The number of hydrogen-bond donors (Lipinski definition) is 0. The van der Waals surface area contributed by atoms with E-state index in [1.54, 1.807) is 12.1 Å². The van der Waals surface area contributed by atoms with E-state index in [-0.39, 0.29) is 5.69 Å². The summed E-state index contributed by atoms with van der Waals surface area (Å²) in [6.45, 7) is 0. The monoisotopic (exact) mass is 338 g/mol. The van der Waals surface area contributed by atoms with Crippen molar-refractivity contribution in [1.82, 2.24) is 5.16 Å². The average molecular weight is 339 g/mol. The molecule has 0 aliphatic carbocycles. The van der Waals surface area contributed by atoms with E-state index in [0.29, 0.717) is 33.0 Å². The lowest BCUT2D eigenvalue weighted by Gasteiger charge is -2.13. The van der Waals surface area contributed by atoms with Gasteiger partial charge < -0.3 is 18.7 Å². The number of halogens is 1. The van der Waals surface area contributed by atoms with E-state index < -0.39 is 0 Å². The molecule has 6 nitrogen and oxygen atoms in total. The molecule has 0 aliphatic heterocycles. The van der Waals surface area contributed by atoms with E-state index >= 15 is 0 Å². The van der Waals surface area contributed by atoms with Crippen LogP contribution in [0.25, 0.3) is 11.3 Å². The zero-order valence-corrected chi connectivity index (χ0v) is 12.6. The number of hydrogen-bond acceptors (Lipinski definition) is 6. The Morgan fingerprint density at radius 2 is 1.75 bits per heavy atom. The molecule has 0 unspecified atom stereocenters. The summed E-state index contributed by atoms with van der Waals surface area (Å²) >= 11 is 3.29. The van der Waals surface area contributed by atoms with Crippen LogP contribution in [0.4, 0.5) is 0 Å². The van der Waals surface area contributed by atoms with Crippen LogP contribution >= 0.6 is 15.9 Å². The molecule has 0 amide bonds. The predicted octanol–water partition coefficient (Wildman–Crippen LogP) is 3.00. The molecule has 0 saturated carbocycles. The molecular formula is C13H11BrN2O4. The van der Waals surface area contributed by atoms with Gasteiger partial charge in [-0.15, -0.1) is 0 Å². The van der Waals surface area contributed by atoms with Crippen molar-refractivity contribution in [2.45, 2.75) is 0 Å². The molecule has 0 N–H and O–H groups in total. The van der Waals surface area contributed by atoms with Crippen molar-refractivity contribution < 1.29 is 18.7 Å². The summed E-state index contributed by atoms with van der Waals surface area (Å²) in [5.41, 5.74) is 0.828. The highest BCUT2D eigenvalue weighted by Crippen LogP contribution is 2.42. The molecule has 20 heavy (non-hydrogen) atoms. The molecular weight excluding hydrogens is 328 g/mol. The summed E-state index contributed by atoms with van der Waals surface area (Å²) in [4.78, 5) is 0. The Bertz CT molecular complexity index is 650. The second-order valence-electron chi connectivity index (χ2n) is 3.70. The third kappa shape index (κ3) is 2.30. The predicted molar refractivity (Wildman–Crippen MR) is 74.0 cm³/mol. The maximum Gasteiger partial charge on any atom is 0.203 e. The minimum absolute atomic E-state index is 0.175. The fourth-order valence-corrected chi connectivity index (χ4v) is 2.20. The number of rotatable bonds is 4. The Labute approximate surface area is 124 Å². The number of benzene rings is 1. The Hall–Kier alpha value is -2.20. The zero-order chi connectivity index (χ0) is 14.7. The average Bonchev–Trinajstić information content (AvgIpc) is 2.86. The molecule has 1 aromatic carbocycles. The first kappa shape index (κ1) is 14.2. The van der Waals surface area contributed by atoms with Crippen LogP contribution in [-0.2, 0) is 0 Å². The molecule has 1 aromatic heterocycles.